The molecule has 2 heterocycles. The van der Waals surface area contributed by atoms with Crippen LogP contribution < -0.4 is 15.0 Å². The van der Waals surface area contributed by atoms with Gasteiger partial charge in [-0.25, -0.2) is 4.98 Å². The lowest BCUT2D eigenvalue weighted by Gasteiger charge is -2.22. The van der Waals surface area contributed by atoms with Crippen LogP contribution >= 0.6 is 15.9 Å². The molecule has 214 valence electrons. The molecule has 2 aromatic heterocycles. The number of methoxy groups -OCH3 is 2. The van der Waals surface area contributed by atoms with Gasteiger partial charge in [0.2, 0.25) is 0 Å². The van der Waals surface area contributed by atoms with Crippen molar-refractivity contribution in [1.29, 1.82) is 0 Å². The first-order valence-corrected chi connectivity index (χ1v) is 13.9. The fraction of sp³-hybridized carbons (Fsp3) is 0.188. The number of carbonyl (C=O) groups excluding carboxylic acids is 1. The highest BCUT2D eigenvalue weighted by Crippen LogP contribution is 2.29. The first-order valence-electron chi connectivity index (χ1n) is 13.1. The fourth-order valence-electron chi connectivity index (χ4n) is 4.62. The third kappa shape index (κ3) is 6.60. The summed E-state index contributed by atoms with van der Waals surface area (Å²) in [5.74, 6) is 1.73. The number of rotatable bonds is 12. The Balaban J connectivity index is 1.52. The van der Waals surface area contributed by atoms with Gasteiger partial charge in [0.05, 0.1) is 37.6 Å². The number of fused-ring (bicyclic) bond motifs is 1. The van der Waals surface area contributed by atoms with Crippen LogP contribution in [-0.4, -0.2) is 42.4 Å². The zero-order chi connectivity index (χ0) is 29.5. The molecule has 5 rings (SSSR count). The van der Waals surface area contributed by atoms with Gasteiger partial charge in [0.1, 0.15) is 17.6 Å². The highest BCUT2D eigenvalue weighted by Gasteiger charge is 2.28. The van der Waals surface area contributed by atoms with Crippen molar-refractivity contribution in [3.63, 3.8) is 0 Å². The lowest BCUT2D eigenvalue weighted by molar-refractivity contribution is -0.127. The van der Waals surface area contributed by atoms with Gasteiger partial charge < -0.3 is 18.7 Å². The van der Waals surface area contributed by atoms with Crippen molar-refractivity contribution >= 4 is 38.8 Å². The maximum atomic E-state index is 14.0. The number of hydrogen-bond acceptors (Lipinski definition) is 8. The second-order valence-corrected chi connectivity index (χ2v) is 10.3. The molecule has 0 saturated carbocycles. The van der Waals surface area contributed by atoms with E-state index >= 15 is 0 Å². The molecule has 0 aliphatic carbocycles. The maximum Gasteiger partial charge on any atom is 0.262 e. The molecule has 0 saturated heterocycles. The van der Waals surface area contributed by atoms with Crippen LogP contribution in [0.1, 0.15) is 28.8 Å². The molecule has 0 amide bonds. The highest BCUT2D eigenvalue weighted by atomic mass is 79.9. The van der Waals surface area contributed by atoms with Gasteiger partial charge in [0, 0.05) is 17.3 Å². The van der Waals surface area contributed by atoms with Crippen LogP contribution in [0.15, 0.2) is 104 Å². The van der Waals surface area contributed by atoms with E-state index in [-0.39, 0.29) is 30.8 Å². The van der Waals surface area contributed by atoms with E-state index in [1.165, 1.54) is 17.0 Å². The number of ether oxygens (including phenoxy) is 2. The van der Waals surface area contributed by atoms with Crippen LogP contribution in [0.4, 0.5) is 0 Å². The number of hydrogen-bond donors (Lipinski definition) is 0. The molecule has 9 nitrogen and oxygen atoms in total. The van der Waals surface area contributed by atoms with Crippen molar-refractivity contribution in [3.8, 4) is 11.5 Å². The SMILES string of the molecule is COc1ccc(Cc2nc3ccccc3c(=O)n2C(Cc2ccco2)C(=O)CON=Cc2ccc(Br)cc2)cc1OC. The van der Waals surface area contributed by atoms with Gasteiger partial charge >= 0.3 is 0 Å². The number of benzene rings is 3. The summed E-state index contributed by atoms with van der Waals surface area (Å²) in [4.78, 5) is 38.0. The average molecular weight is 630 g/mol. The molecule has 1 unspecified atom stereocenters. The normalized spacial score (nSPS) is 12.0. The van der Waals surface area contributed by atoms with E-state index in [0.29, 0.717) is 34.0 Å². The Hall–Kier alpha value is -4.70. The van der Waals surface area contributed by atoms with Gasteiger partial charge in [-0.05, 0) is 59.7 Å². The molecule has 5 aromatic rings. The Kier molecular flexibility index (Phi) is 9.13. The standard InChI is InChI=1S/C32H28BrN3O6/c1-39-29-14-11-22(16-30(29)40-2)17-31-35-26-8-4-3-7-25(26)32(38)36(31)27(18-24-6-5-15-41-24)28(37)20-42-34-19-21-9-12-23(33)13-10-21/h3-16,19,27H,17-18,20H2,1-2H3. The highest BCUT2D eigenvalue weighted by molar-refractivity contribution is 9.10. The van der Waals surface area contributed by atoms with E-state index in [0.717, 1.165) is 15.6 Å². The van der Waals surface area contributed by atoms with Crippen LogP contribution in [0, 0.1) is 0 Å². The van der Waals surface area contributed by atoms with Gasteiger partial charge in [0.25, 0.3) is 5.56 Å². The first kappa shape index (κ1) is 28.8. The van der Waals surface area contributed by atoms with Gasteiger partial charge in [0.15, 0.2) is 23.9 Å². The topological polar surface area (TPSA) is 105 Å². The molecule has 0 bridgehead atoms. The van der Waals surface area contributed by atoms with E-state index in [9.17, 15) is 9.59 Å². The molecule has 0 fully saturated rings. The lowest BCUT2D eigenvalue weighted by atomic mass is 10.0. The van der Waals surface area contributed by atoms with Gasteiger partial charge in [-0.2, -0.15) is 0 Å². The second-order valence-electron chi connectivity index (χ2n) is 9.41. The molecule has 0 radical (unpaired) electrons. The Labute approximate surface area is 250 Å². The minimum Gasteiger partial charge on any atom is -0.493 e. The van der Waals surface area contributed by atoms with Crippen molar-refractivity contribution in [1.82, 2.24) is 9.55 Å². The van der Waals surface area contributed by atoms with E-state index in [4.69, 9.17) is 23.7 Å². The van der Waals surface area contributed by atoms with Crippen molar-refractivity contribution in [3.05, 3.63) is 123 Å². The predicted octanol–water partition coefficient (Wildman–Crippen LogP) is 5.76. The molecular formula is C32H28BrN3O6. The number of aromatic nitrogens is 2. The smallest absolute Gasteiger partial charge is 0.262 e. The summed E-state index contributed by atoms with van der Waals surface area (Å²) in [6.07, 6.45) is 3.44. The summed E-state index contributed by atoms with van der Waals surface area (Å²) in [5, 5.41) is 4.37. The minimum absolute atomic E-state index is 0.129. The molecular weight excluding hydrogens is 602 g/mol. The van der Waals surface area contributed by atoms with E-state index in [1.807, 2.05) is 42.5 Å². The summed E-state index contributed by atoms with van der Waals surface area (Å²) >= 11 is 3.40. The fourth-order valence-corrected chi connectivity index (χ4v) is 4.89. The monoisotopic (exact) mass is 629 g/mol. The number of oxime groups is 1. The number of halogens is 1. The van der Waals surface area contributed by atoms with Gasteiger partial charge in [-0.1, -0.05) is 51.4 Å². The second kappa shape index (κ2) is 13.3. The number of ketones is 1. The molecule has 0 N–H and O–H groups in total. The van der Waals surface area contributed by atoms with Crippen LogP contribution in [0.2, 0.25) is 0 Å². The number of Topliss-reactive ketones (excluding diaryl/α,β-unsaturated/α-hetero) is 1. The zero-order valence-electron chi connectivity index (χ0n) is 23.0. The molecule has 42 heavy (non-hydrogen) atoms. The van der Waals surface area contributed by atoms with Gasteiger partial charge in [-0.15, -0.1) is 0 Å². The van der Waals surface area contributed by atoms with Crippen LogP contribution in [0.25, 0.3) is 10.9 Å². The van der Waals surface area contributed by atoms with Crippen LogP contribution in [0.3, 0.4) is 0 Å². The third-order valence-electron chi connectivity index (χ3n) is 6.70. The first-order chi connectivity index (χ1) is 20.5. The number of nitrogens with zero attached hydrogens (tertiary/aromatic N) is 3. The Morgan fingerprint density at radius 1 is 1.02 bits per heavy atom. The molecule has 10 heteroatoms. The molecule has 0 spiro atoms. The third-order valence-corrected chi connectivity index (χ3v) is 7.23. The van der Waals surface area contributed by atoms with E-state index in [1.54, 1.807) is 50.6 Å². The summed E-state index contributed by atoms with van der Waals surface area (Å²) in [6.45, 7) is -0.354. The van der Waals surface area contributed by atoms with Crippen LogP contribution in [0.5, 0.6) is 11.5 Å². The summed E-state index contributed by atoms with van der Waals surface area (Å²) in [5.41, 5.74) is 1.83. The predicted molar refractivity (Wildman–Crippen MR) is 162 cm³/mol. The Morgan fingerprint density at radius 2 is 1.81 bits per heavy atom. The lowest BCUT2D eigenvalue weighted by Crippen LogP contribution is -2.36. The summed E-state index contributed by atoms with van der Waals surface area (Å²) in [7, 11) is 3.12. The van der Waals surface area contributed by atoms with Crippen molar-refractivity contribution < 1.29 is 23.5 Å². The molecule has 0 aliphatic rings. The Bertz CT molecular complexity index is 1760. The number of furan rings is 1. The quantitative estimate of drug-likeness (QED) is 0.128. The van der Waals surface area contributed by atoms with Gasteiger partial charge in [-0.3, -0.25) is 14.2 Å². The Morgan fingerprint density at radius 3 is 2.55 bits per heavy atom. The number of carbonyl (C=O) groups is 1. The van der Waals surface area contributed by atoms with E-state index < -0.39 is 6.04 Å². The molecule has 1 atom stereocenters. The zero-order valence-corrected chi connectivity index (χ0v) is 24.6. The van der Waals surface area contributed by atoms with Crippen LogP contribution in [-0.2, 0) is 22.5 Å². The minimum atomic E-state index is -0.959. The average Bonchev–Trinajstić information content (AvgIpc) is 3.53. The van der Waals surface area contributed by atoms with E-state index in [2.05, 4.69) is 21.1 Å². The number of para-hydroxylation sites is 1. The maximum absolute atomic E-state index is 14.0. The van der Waals surface area contributed by atoms with Crippen molar-refractivity contribution in [2.45, 2.75) is 18.9 Å². The molecule has 3 aromatic carbocycles. The summed E-state index contributed by atoms with van der Waals surface area (Å²) in [6, 6.07) is 22.6. The largest absolute Gasteiger partial charge is 0.493 e. The van der Waals surface area contributed by atoms with Crippen molar-refractivity contribution in [2.75, 3.05) is 20.8 Å². The van der Waals surface area contributed by atoms with Crippen molar-refractivity contribution in [2.24, 2.45) is 5.16 Å². The summed E-state index contributed by atoms with van der Waals surface area (Å²) < 4.78 is 18.8. The molecule has 0 aliphatic heterocycles.